The van der Waals surface area contributed by atoms with Gasteiger partial charge in [0.2, 0.25) is 0 Å². The Morgan fingerprint density at radius 3 is 2.93 bits per heavy atom. The first-order valence-corrected chi connectivity index (χ1v) is 5.21. The van der Waals surface area contributed by atoms with Gasteiger partial charge in [-0.25, -0.2) is 4.39 Å². The summed E-state index contributed by atoms with van der Waals surface area (Å²) in [5.41, 5.74) is 5.22. The van der Waals surface area contributed by atoms with E-state index >= 15 is 0 Å². The van der Waals surface area contributed by atoms with Crippen LogP contribution in [0.3, 0.4) is 0 Å². The quantitative estimate of drug-likeness (QED) is 0.658. The lowest BCUT2D eigenvalue weighted by Gasteiger charge is -2.04. The van der Waals surface area contributed by atoms with Crippen molar-refractivity contribution in [1.82, 2.24) is 0 Å². The Morgan fingerprint density at radius 1 is 1.53 bits per heavy atom. The SMILES string of the molecule is NCCOCC(=O)c1cccc(Br)c1F. The molecular weight excluding hydrogens is 265 g/mol. The minimum atomic E-state index is -0.557. The number of hydrogen-bond acceptors (Lipinski definition) is 3. The van der Waals surface area contributed by atoms with Crippen LogP contribution in [0, 0.1) is 5.82 Å². The van der Waals surface area contributed by atoms with Crippen LogP contribution >= 0.6 is 15.9 Å². The van der Waals surface area contributed by atoms with Crippen LogP contribution < -0.4 is 5.73 Å². The number of carbonyl (C=O) groups is 1. The van der Waals surface area contributed by atoms with Crippen molar-refractivity contribution >= 4 is 21.7 Å². The molecule has 5 heteroatoms. The number of nitrogens with two attached hydrogens (primary N) is 1. The second-order valence-electron chi connectivity index (χ2n) is 2.87. The van der Waals surface area contributed by atoms with Gasteiger partial charge >= 0.3 is 0 Å². The summed E-state index contributed by atoms with van der Waals surface area (Å²) in [4.78, 5) is 11.5. The molecule has 3 nitrogen and oxygen atoms in total. The second kappa shape index (κ2) is 5.95. The molecule has 0 unspecified atom stereocenters. The zero-order chi connectivity index (χ0) is 11.3. The fourth-order valence-electron chi connectivity index (χ4n) is 1.05. The third-order valence-corrected chi connectivity index (χ3v) is 2.36. The van der Waals surface area contributed by atoms with Crippen molar-refractivity contribution in [2.75, 3.05) is 19.8 Å². The first kappa shape index (κ1) is 12.3. The van der Waals surface area contributed by atoms with Gasteiger partial charge in [0, 0.05) is 6.54 Å². The maximum Gasteiger partial charge on any atom is 0.191 e. The average molecular weight is 276 g/mol. The highest BCUT2D eigenvalue weighted by Gasteiger charge is 2.13. The number of ketones is 1. The van der Waals surface area contributed by atoms with Crippen LogP contribution in [0.1, 0.15) is 10.4 Å². The van der Waals surface area contributed by atoms with Gasteiger partial charge in [-0.3, -0.25) is 4.79 Å². The fraction of sp³-hybridized carbons (Fsp3) is 0.300. The van der Waals surface area contributed by atoms with E-state index in [-0.39, 0.29) is 22.4 Å². The summed E-state index contributed by atoms with van der Waals surface area (Å²) in [7, 11) is 0. The molecule has 0 saturated carbocycles. The third kappa shape index (κ3) is 3.37. The Bertz CT molecular complexity index is 357. The molecule has 0 aliphatic carbocycles. The summed E-state index contributed by atoms with van der Waals surface area (Å²) < 4.78 is 18.6. The summed E-state index contributed by atoms with van der Waals surface area (Å²) in [6.45, 7) is 0.486. The van der Waals surface area contributed by atoms with Crippen molar-refractivity contribution < 1.29 is 13.9 Å². The van der Waals surface area contributed by atoms with Gasteiger partial charge in [0.05, 0.1) is 16.6 Å². The molecule has 0 aliphatic rings. The number of Topliss-reactive ketones (excluding diaryl/α,β-unsaturated/α-hetero) is 1. The van der Waals surface area contributed by atoms with E-state index in [1.165, 1.54) is 12.1 Å². The molecule has 0 aliphatic heterocycles. The van der Waals surface area contributed by atoms with Crippen molar-refractivity contribution in [1.29, 1.82) is 0 Å². The average Bonchev–Trinajstić information content (AvgIpc) is 2.22. The number of benzene rings is 1. The Kier molecular flexibility index (Phi) is 4.87. The molecule has 2 N–H and O–H groups in total. The van der Waals surface area contributed by atoms with Gasteiger partial charge in [-0.05, 0) is 28.1 Å². The molecule has 0 fully saturated rings. The summed E-state index contributed by atoms with van der Waals surface area (Å²) in [5, 5.41) is 0. The van der Waals surface area contributed by atoms with E-state index < -0.39 is 5.82 Å². The largest absolute Gasteiger partial charge is 0.372 e. The highest BCUT2D eigenvalue weighted by Crippen LogP contribution is 2.18. The van der Waals surface area contributed by atoms with E-state index in [1.807, 2.05) is 0 Å². The van der Waals surface area contributed by atoms with Gasteiger partial charge in [-0.1, -0.05) is 6.07 Å². The summed E-state index contributed by atoms with van der Waals surface area (Å²) in [6, 6.07) is 4.56. The standard InChI is InChI=1S/C10H11BrFNO2/c11-8-3-1-2-7(10(8)12)9(14)6-15-5-4-13/h1-3H,4-6,13H2. The number of carbonyl (C=O) groups excluding carboxylic acids is 1. The first-order chi connectivity index (χ1) is 7.16. The zero-order valence-electron chi connectivity index (χ0n) is 8.00. The van der Waals surface area contributed by atoms with Crippen molar-refractivity contribution in [3.05, 3.63) is 34.1 Å². The number of halogens is 2. The van der Waals surface area contributed by atoms with Gasteiger partial charge in [0.1, 0.15) is 12.4 Å². The fourth-order valence-corrected chi connectivity index (χ4v) is 1.41. The Morgan fingerprint density at radius 2 is 2.27 bits per heavy atom. The van der Waals surface area contributed by atoms with Crippen molar-refractivity contribution in [3.63, 3.8) is 0 Å². The van der Waals surface area contributed by atoms with Crippen LogP contribution in [-0.4, -0.2) is 25.5 Å². The van der Waals surface area contributed by atoms with Gasteiger partial charge in [0.15, 0.2) is 5.78 Å². The molecule has 0 atom stereocenters. The van der Waals surface area contributed by atoms with Gasteiger partial charge in [-0.2, -0.15) is 0 Å². The van der Waals surface area contributed by atoms with Crippen LogP contribution in [0.25, 0.3) is 0 Å². The zero-order valence-corrected chi connectivity index (χ0v) is 9.59. The van der Waals surface area contributed by atoms with Crippen LogP contribution in [0.5, 0.6) is 0 Å². The highest BCUT2D eigenvalue weighted by molar-refractivity contribution is 9.10. The molecule has 0 bridgehead atoms. The van der Waals surface area contributed by atoms with Crippen LogP contribution in [0.15, 0.2) is 22.7 Å². The lowest BCUT2D eigenvalue weighted by molar-refractivity contribution is 0.0770. The van der Waals surface area contributed by atoms with Gasteiger partial charge in [0.25, 0.3) is 0 Å². The lowest BCUT2D eigenvalue weighted by atomic mass is 10.1. The third-order valence-electron chi connectivity index (χ3n) is 1.75. The van der Waals surface area contributed by atoms with Gasteiger partial charge < -0.3 is 10.5 Å². The van der Waals surface area contributed by atoms with Crippen LogP contribution in [0.2, 0.25) is 0 Å². The monoisotopic (exact) mass is 275 g/mol. The minimum absolute atomic E-state index is 0.0291. The summed E-state index contributed by atoms with van der Waals surface area (Å²) in [6.07, 6.45) is 0. The second-order valence-corrected chi connectivity index (χ2v) is 3.72. The predicted octanol–water partition coefficient (Wildman–Crippen LogP) is 1.75. The molecular formula is C10H11BrFNO2. The number of rotatable bonds is 5. The normalized spacial score (nSPS) is 10.3. The molecule has 0 radical (unpaired) electrons. The van der Waals surface area contributed by atoms with E-state index in [9.17, 15) is 9.18 Å². The molecule has 0 spiro atoms. The summed E-state index contributed by atoms with van der Waals surface area (Å²) in [5.74, 6) is -0.943. The van der Waals surface area contributed by atoms with E-state index in [2.05, 4.69) is 15.9 Å². The molecule has 0 saturated heterocycles. The molecule has 1 aromatic carbocycles. The smallest absolute Gasteiger partial charge is 0.191 e. The van der Waals surface area contributed by atoms with Crippen LogP contribution in [0.4, 0.5) is 4.39 Å². The number of ether oxygens (including phenoxy) is 1. The van der Waals surface area contributed by atoms with Crippen LogP contribution in [-0.2, 0) is 4.74 Å². The van der Waals surface area contributed by atoms with Crippen molar-refractivity contribution in [3.8, 4) is 0 Å². The van der Waals surface area contributed by atoms with E-state index in [0.717, 1.165) is 0 Å². The molecule has 1 aromatic rings. The lowest BCUT2D eigenvalue weighted by Crippen LogP contribution is -2.15. The van der Waals surface area contributed by atoms with Crippen molar-refractivity contribution in [2.45, 2.75) is 0 Å². The molecule has 0 aromatic heterocycles. The van der Waals surface area contributed by atoms with Crippen molar-refractivity contribution in [2.24, 2.45) is 5.73 Å². The maximum atomic E-state index is 13.4. The Labute approximate surface area is 95.5 Å². The molecule has 1 rings (SSSR count). The Hall–Kier alpha value is -0.780. The first-order valence-electron chi connectivity index (χ1n) is 4.42. The minimum Gasteiger partial charge on any atom is -0.372 e. The Balaban J connectivity index is 2.69. The van der Waals surface area contributed by atoms with Gasteiger partial charge in [-0.15, -0.1) is 0 Å². The van der Waals surface area contributed by atoms with E-state index in [1.54, 1.807) is 6.07 Å². The predicted molar refractivity (Wildman–Crippen MR) is 58.3 cm³/mol. The maximum absolute atomic E-state index is 13.4. The molecule has 82 valence electrons. The highest BCUT2D eigenvalue weighted by atomic mass is 79.9. The summed E-state index contributed by atoms with van der Waals surface area (Å²) >= 11 is 3.01. The molecule has 0 amide bonds. The topological polar surface area (TPSA) is 52.3 Å². The number of hydrogen-bond donors (Lipinski definition) is 1. The molecule has 15 heavy (non-hydrogen) atoms. The molecule has 0 heterocycles. The van der Waals surface area contributed by atoms with E-state index in [4.69, 9.17) is 10.5 Å². The van der Waals surface area contributed by atoms with E-state index in [0.29, 0.717) is 13.2 Å².